The molecule has 184 valence electrons. The largest absolute Gasteiger partial charge is 0.481 e. The normalized spacial score (nSPS) is 21.2. The topological polar surface area (TPSA) is 95.9 Å². The number of carbonyl (C=O) groups is 3. The van der Waals surface area contributed by atoms with Crippen LogP contribution in [0.1, 0.15) is 50.2 Å². The molecule has 0 radical (unpaired) electrons. The van der Waals surface area contributed by atoms with Crippen molar-refractivity contribution in [2.75, 3.05) is 19.7 Å². The number of carboxylic acids is 1. The molecule has 2 aliphatic carbocycles. The molecule has 1 saturated heterocycles. The first-order valence-electron chi connectivity index (χ1n) is 12.4. The van der Waals surface area contributed by atoms with Crippen LogP contribution < -0.4 is 5.32 Å². The van der Waals surface area contributed by atoms with Crippen LogP contribution in [-0.4, -0.2) is 53.7 Å². The Hall–Kier alpha value is -3.35. The summed E-state index contributed by atoms with van der Waals surface area (Å²) in [4.78, 5) is 39.0. The van der Waals surface area contributed by atoms with Crippen LogP contribution in [0.2, 0.25) is 0 Å². The second kappa shape index (κ2) is 9.02. The number of rotatable bonds is 7. The summed E-state index contributed by atoms with van der Waals surface area (Å²) < 4.78 is 5.68. The van der Waals surface area contributed by atoms with Gasteiger partial charge in [0.15, 0.2) is 0 Å². The molecule has 3 aliphatic rings. The summed E-state index contributed by atoms with van der Waals surface area (Å²) in [5.41, 5.74) is 4.18. The molecule has 2 N–H and O–H groups in total. The van der Waals surface area contributed by atoms with Gasteiger partial charge in [-0.05, 0) is 46.4 Å². The highest BCUT2D eigenvalue weighted by molar-refractivity contribution is 5.81. The lowest BCUT2D eigenvalue weighted by atomic mass is 9.82. The smallest absolute Gasteiger partial charge is 0.407 e. The van der Waals surface area contributed by atoms with E-state index in [0.717, 1.165) is 24.0 Å². The number of benzene rings is 2. The molecular weight excluding hydrogens is 444 g/mol. The molecule has 2 amide bonds. The van der Waals surface area contributed by atoms with Crippen LogP contribution in [0.15, 0.2) is 48.5 Å². The Bertz CT molecular complexity index is 1110. The molecule has 1 aliphatic heterocycles. The van der Waals surface area contributed by atoms with Crippen LogP contribution in [0.3, 0.4) is 0 Å². The number of likely N-dealkylation sites (tertiary alicyclic amines) is 1. The van der Waals surface area contributed by atoms with E-state index < -0.39 is 23.4 Å². The number of carboxylic acid groups (broad SMARTS) is 1. The molecule has 0 spiro atoms. The zero-order valence-electron chi connectivity index (χ0n) is 20.2. The summed E-state index contributed by atoms with van der Waals surface area (Å²) in [6.07, 6.45) is 1.58. The van der Waals surface area contributed by atoms with Gasteiger partial charge in [-0.25, -0.2) is 4.79 Å². The van der Waals surface area contributed by atoms with Crippen LogP contribution in [0.5, 0.6) is 0 Å². The van der Waals surface area contributed by atoms with Crippen molar-refractivity contribution in [3.05, 3.63) is 59.7 Å². The Labute approximate surface area is 205 Å². The van der Waals surface area contributed by atoms with Gasteiger partial charge in [-0.2, -0.15) is 0 Å². The SMILES string of the molecule is CC1(C)CN(C(=O)CC(NC(=O)OCC2c3ccccc3-c3ccccc32)C2CC2)CC1C(=O)O. The van der Waals surface area contributed by atoms with Crippen molar-refractivity contribution in [3.8, 4) is 11.1 Å². The number of hydrogen-bond acceptors (Lipinski definition) is 4. The molecule has 0 aromatic heterocycles. The average molecular weight is 477 g/mol. The first kappa shape index (κ1) is 23.4. The van der Waals surface area contributed by atoms with Gasteiger partial charge in [0.1, 0.15) is 6.61 Å². The third-order valence-electron chi connectivity index (χ3n) is 7.83. The van der Waals surface area contributed by atoms with Gasteiger partial charge < -0.3 is 20.1 Å². The molecule has 5 rings (SSSR count). The second-order valence-corrected chi connectivity index (χ2v) is 10.8. The molecule has 35 heavy (non-hydrogen) atoms. The van der Waals surface area contributed by atoms with Crippen LogP contribution in [0.25, 0.3) is 11.1 Å². The number of alkyl carbamates (subject to hydrolysis) is 1. The fourth-order valence-electron chi connectivity index (χ4n) is 5.68. The zero-order valence-corrected chi connectivity index (χ0v) is 20.2. The maximum absolute atomic E-state index is 13.0. The lowest BCUT2D eigenvalue weighted by Gasteiger charge is -2.24. The van der Waals surface area contributed by atoms with E-state index in [1.807, 2.05) is 38.1 Å². The van der Waals surface area contributed by atoms with Gasteiger partial charge in [0.2, 0.25) is 5.91 Å². The van der Waals surface area contributed by atoms with Gasteiger partial charge in [-0.15, -0.1) is 0 Å². The quantitative estimate of drug-likeness (QED) is 0.622. The van der Waals surface area contributed by atoms with Crippen LogP contribution in [0.4, 0.5) is 4.79 Å². The lowest BCUT2D eigenvalue weighted by Crippen LogP contribution is -2.42. The molecule has 7 heteroatoms. The Morgan fingerprint density at radius 1 is 1.06 bits per heavy atom. The minimum atomic E-state index is -0.874. The number of amides is 2. The highest BCUT2D eigenvalue weighted by Crippen LogP contribution is 2.44. The van der Waals surface area contributed by atoms with Gasteiger partial charge in [-0.1, -0.05) is 62.4 Å². The van der Waals surface area contributed by atoms with E-state index >= 15 is 0 Å². The van der Waals surface area contributed by atoms with Crippen molar-refractivity contribution in [1.29, 1.82) is 0 Å². The predicted molar refractivity (Wildman–Crippen MR) is 131 cm³/mol. The summed E-state index contributed by atoms with van der Waals surface area (Å²) in [6.45, 7) is 4.61. The summed E-state index contributed by atoms with van der Waals surface area (Å²) >= 11 is 0. The molecule has 2 fully saturated rings. The molecule has 2 unspecified atom stereocenters. The van der Waals surface area contributed by atoms with E-state index in [1.54, 1.807) is 4.90 Å². The minimum absolute atomic E-state index is 0.0195. The third kappa shape index (κ3) is 4.64. The van der Waals surface area contributed by atoms with E-state index in [4.69, 9.17) is 4.74 Å². The number of nitrogens with one attached hydrogen (secondary N) is 1. The van der Waals surface area contributed by atoms with E-state index in [0.29, 0.717) is 6.54 Å². The van der Waals surface area contributed by atoms with Crippen molar-refractivity contribution in [2.45, 2.75) is 45.1 Å². The first-order valence-corrected chi connectivity index (χ1v) is 12.4. The lowest BCUT2D eigenvalue weighted by molar-refractivity contribution is -0.144. The van der Waals surface area contributed by atoms with Crippen LogP contribution in [0, 0.1) is 17.3 Å². The number of aliphatic carboxylic acids is 1. The van der Waals surface area contributed by atoms with E-state index in [-0.39, 0.29) is 43.4 Å². The highest BCUT2D eigenvalue weighted by Gasteiger charge is 2.46. The fourth-order valence-corrected chi connectivity index (χ4v) is 5.68. The van der Waals surface area contributed by atoms with Crippen molar-refractivity contribution < 1.29 is 24.2 Å². The van der Waals surface area contributed by atoms with Crippen LogP contribution >= 0.6 is 0 Å². The Balaban J connectivity index is 1.20. The van der Waals surface area contributed by atoms with Crippen molar-refractivity contribution >= 4 is 18.0 Å². The third-order valence-corrected chi connectivity index (χ3v) is 7.83. The maximum atomic E-state index is 13.0. The zero-order chi connectivity index (χ0) is 24.7. The van der Waals surface area contributed by atoms with Crippen molar-refractivity contribution in [3.63, 3.8) is 0 Å². The van der Waals surface area contributed by atoms with Gasteiger partial charge in [0.25, 0.3) is 0 Å². The molecule has 7 nitrogen and oxygen atoms in total. The summed E-state index contributed by atoms with van der Waals surface area (Å²) in [6, 6.07) is 16.1. The van der Waals surface area contributed by atoms with Crippen molar-refractivity contribution in [1.82, 2.24) is 10.2 Å². The highest BCUT2D eigenvalue weighted by atomic mass is 16.5. The summed E-state index contributed by atoms with van der Waals surface area (Å²) in [5, 5.41) is 12.4. The average Bonchev–Trinajstić information content (AvgIpc) is 3.55. The van der Waals surface area contributed by atoms with Crippen LogP contribution in [-0.2, 0) is 14.3 Å². The molecular formula is C28H32N2O5. The summed E-state index contributed by atoms with van der Waals surface area (Å²) in [5.74, 6) is -1.33. The van der Waals surface area contributed by atoms with Crippen molar-refractivity contribution in [2.24, 2.45) is 17.3 Å². The maximum Gasteiger partial charge on any atom is 0.407 e. The Morgan fingerprint density at radius 2 is 1.66 bits per heavy atom. The monoisotopic (exact) mass is 476 g/mol. The van der Waals surface area contributed by atoms with E-state index in [1.165, 1.54) is 11.1 Å². The molecule has 2 aromatic carbocycles. The summed E-state index contributed by atoms with van der Waals surface area (Å²) in [7, 11) is 0. The Morgan fingerprint density at radius 3 is 2.20 bits per heavy atom. The number of fused-ring (bicyclic) bond motifs is 3. The van der Waals surface area contributed by atoms with E-state index in [9.17, 15) is 19.5 Å². The van der Waals surface area contributed by atoms with Gasteiger partial charge in [-0.3, -0.25) is 9.59 Å². The van der Waals surface area contributed by atoms with Gasteiger partial charge in [0, 0.05) is 31.5 Å². The Kier molecular flexibility index (Phi) is 6.03. The van der Waals surface area contributed by atoms with E-state index in [2.05, 4.69) is 29.6 Å². The molecule has 0 bridgehead atoms. The molecule has 2 aromatic rings. The predicted octanol–water partition coefficient (Wildman–Crippen LogP) is 4.26. The molecule has 1 heterocycles. The minimum Gasteiger partial charge on any atom is -0.481 e. The molecule has 1 saturated carbocycles. The first-order chi connectivity index (χ1) is 16.7. The molecule has 2 atom stereocenters. The van der Waals surface area contributed by atoms with Gasteiger partial charge >= 0.3 is 12.1 Å². The fraction of sp³-hybridized carbons (Fsp3) is 0.464. The number of ether oxygens (including phenoxy) is 1. The standard InChI is InChI=1S/C28H32N2O5/c1-28(2)16-30(14-23(28)26(32)33)25(31)13-24(17-11-12-17)29-27(34)35-15-22-20-9-5-3-7-18(20)19-8-4-6-10-21(19)22/h3-10,17,22-24H,11-16H2,1-2H3,(H,29,34)(H,32,33). The number of hydrogen-bond donors (Lipinski definition) is 2. The number of carbonyl (C=O) groups excluding carboxylic acids is 2. The van der Waals surface area contributed by atoms with Gasteiger partial charge in [0.05, 0.1) is 5.92 Å². The second-order valence-electron chi connectivity index (χ2n) is 10.8. The number of nitrogens with zero attached hydrogens (tertiary/aromatic N) is 1.